The standard InChI is InChI=1S/C21H32N2O5/c1-4-7-14-23(19(24)12-13-20(25)26)18-10-8-17(9-11-18)21(27)28-16-15-22(5-2)6-3/h8-11H,4-7,12-16H2,1-3H3,(H,25,26). The fraction of sp³-hybridized carbons (Fsp3) is 0.571. The number of likely N-dealkylation sites (N-methyl/N-ethyl adjacent to an activating group) is 1. The van der Waals surface area contributed by atoms with E-state index in [1.165, 1.54) is 0 Å². The van der Waals surface area contributed by atoms with Crippen LogP contribution in [0.5, 0.6) is 0 Å². The summed E-state index contributed by atoms with van der Waals surface area (Å²) in [6.07, 6.45) is 1.49. The summed E-state index contributed by atoms with van der Waals surface area (Å²) in [7, 11) is 0. The van der Waals surface area contributed by atoms with E-state index >= 15 is 0 Å². The van der Waals surface area contributed by atoms with Gasteiger partial charge in [-0.2, -0.15) is 0 Å². The number of aliphatic carboxylic acids is 1. The summed E-state index contributed by atoms with van der Waals surface area (Å²) in [6.45, 7) is 9.51. The molecule has 0 atom stereocenters. The molecule has 0 saturated carbocycles. The van der Waals surface area contributed by atoms with Crippen LogP contribution >= 0.6 is 0 Å². The zero-order chi connectivity index (χ0) is 20.9. The first kappa shape index (κ1) is 23.6. The second-order valence-electron chi connectivity index (χ2n) is 6.50. The van der Waals surface area contributed by atoms with E-state index in [9.17, 15) is 14.4 Å². The maximum atomic E-state index is 12.4. The lowest BCUT2D eigenvalue weighted by molar-refractivity contribution is -0.138. The van der Waals surface area contributed by atoms with E-state index < -0.39 is 11.9 Å². The van der Waals surface area contributed by atoms with Gasteiger partial charge < -0.3 is 19.6 Å². The lowest BCUT2D eigenvalue weighted by Gasteiger charge is -2.23. The molecule has 1 N–H and O–H groups in total. The van der Waals surface area contributed by atoms with Gasteiger partial charge in [-0.15, -0.1) is 0 Å². The molecule has 0 unspecified atom stereocenters. The summed E-state index contributed by atoms with van der Waals surface area (Å²) in [5.41, 5.74) is 1.08. The van der Waals surface area contributed by atoms with Crippen molar-refractivity contribution in [2.45, 2.75) is 46.5 Å². The van der Waals surface area contributed by atoms with Crippen molar-refractivity contribution in [2.24, 2.45) is 0 Å². The number of hydrogen-bond acceptors (Lipinski definition) is 5. The molecule has 0 radical (unpaired) electrons. The highest BCUT2D eigenvalue weighted by Crippen LogP contribution is 2.18. The number of esters is 1. The van der Waals surface area contributed by atoms with E-state index in [1.54, 1.807) is 29.2 Å². The number of carboxylic acids is 1. The lowest BCUT2D eigenvalue weighted by Crippen LogP contribution is -2.32. The number of anilines is 1. The summed E-state index contributed by atoms with van der Waals surface area (Å²) >= 11 is 0. The molecule has 1 amide bonds. The predicted octanol–water partition coefficient (Wildman–Crippen LogP) is 3.18. The molecule has 0 aromatic heterocycles. The molecule has 7 nitrogen and oxygen atoms in total. The minimum Gasteiger partial charge on any atom is -0.481 e. The number of amides is 1. The van der Waals surface area contributed by atoms with Crippen LogP contribution in [0.4, 0.5) is 5.69 Å². The van der Waals surface area contributed by atoms with Crippen molar-refractivity contribution in [3.05, 3.63) is 29.8 Å². The fourth-order valence-corrected chi connectivity index (χ4v) is 2.73. The van der Waals surface area contributed by atoms with E-state index in [0.29, 0.717) is 30.9 Å². The van der Waals surface area contributed by atoms with Crippen LogP contribution in [0.25, 0.3) is 0 Å². The molecular formula is C21H32N2O5. The van der Waals surface area contributed by atoms with Gasteiger partial charge in [-0.3, -0.25) is 9.59 Å². The Kier molecular flexibility index (Phi) is 10.9. The molecule has 1 aromatic carbocycles. The quantitative estimate of drug-likeness (QED) is 0.519. The van der Waals surface area contributed by atoms with Gasteiger partial charge in [0.2, 0.25) is 5.91 Å². The number of nitrogens with zero attached hydrogens (tertiary/aromatic N) is 2. The second kappa shape index (κ2) is 12.9. The summed E-state index contributed by atoms with van der Waals surface area (Å²) in [4.78, 5) is 39.1. The molecule has 0 aliphatic carbocycles. The van der Waals surface area contributed by atoms with Crippen molar-refractivity contribution in [1.29, 1.82) is 0 Å². The van der Waals surface area contributed by atoms with Gasteiger partial charge in [-0.25, -0.2) is 4.79 Å². The Morgan fingerprint density at radius 1 is 0.964 bits per heavy atom. The topological polar surface area (TPSA) is 87.2 Å². The molecule has 0 aliphatic heterocycles. The molecule has 0 saturated heterocycles. The maximum Gasteiger partial charge on any atom is 0.338 e. The molecule has 0 spiro atoms. The Hall–Kier alpha value is -2.41. The van der Waals surface area contributed by atoms with Gasteiger partial charge in [0.05, 0.1) is 12.0 Å². The summed E-state index contributed by atoms with van der Waals surface area (Å²) in [6, 6.07) is 6.68. The Balaban J connectivity index is 2.73. The van der Waals surface area contributed by atoms with Crippen LogP contribution in [-0.4, -0.2) is 60.6 Å². The minimum absolute atomic E-state index is 0.0474. The van der Waals surface area contributed by atoms with Crippen LogP contribution in [0.15, 0.2) is 24.3 Å². The number of unbranched alkanes of at least 4 members (excludes halogenated alkanes) is 1. The van der Waals surface area contributed by atoms with Crippen LogP contribution in [0.2, 0.25) is 0 Å². The van der Waals surface area contributed by atoms with Crippen molar-refractivity contribution in [3.8, 4) is 0 Å². The SMILES string of the molecule is CCCCN(C(=O)CCC(=O)O)c1ccc(C(=O)OCCN(CC)CC)cc1. The number of carbonyl (C=O) groups is 3. The Morgan fingerprint density at radius 3 is 2.14 bits per heavy atom. The number of ether oxygens (including phenoxy) is 1. The van der Waals surface area contributed by atoms with E-state index in [1.807, 2.05) is 6.92 Å². The average molecular weight is 392 g/mol. The molecule has 7 heteroatoms. The normalized spacial score (nSPS) is 10.7. The first-order valence-electron chi connectivity index (χ1n) is 9.94. The summed E-state index contributed by atoms with van der Waals surface area (Å²) < 4.78 is 5.31. The molecular weight excluding hydrogens is 360 g/mol. The van der Waals surface area contributed by atoms with Gasteiger partial charge in [0.1, 0.15) is 6.61 Å². The number of carboxylic acid groups (broad SMARTS) is 1. The number of rotatable bonds is 13. The van der Waals surface area contributed by atoms with E-state index in [-0.39, 0.29) is 18.7 Å². The van der Waals surface area contributed by atoms with E-state index in [4.69, 9.17) is 9.84 Å². The highest BCUT2D eigenvalue weighted by molar-refractivity contribution is 5.96. The zero-order valence-corrected chi connectivity index (χ0v) is 17.1. The van der Waals surface area contributed by atoms with E-state index in [0.717, 1.165) is 25.9 Å². The number of carbonyl (C=O) groups excluding carboxylic acids is 2. The molecule has 0 aliphatic rings. The molecule has 0 bridgehead atoms. The third kappa shape index (κ3) is 8.08. The van der Waals surface area contributed by atoms with Gasteiger partial charge >= 0.3 is 11.9 Å². The van der Waals surface area contributed by atoms with Crippen molar-refractivity contribution in [3.63, 3.8) is 0 Å². The predicted molar refractivity (Wildman–Crippen MR) is 109 cm³/mol. The number of hydrogen-bond donors (Lipinski definition) is 1. The van der Waals surface area contributed by atoms with Gasteiger partial charge in [-0.05, 0) is 43.8 Å². The van der Waals surface area contributed by atoms with Crippen LogP contribution < -0.4 is 4.90 Å². The third-order valence-electron chi connectivity index (χ3n) is 4.54. The fourth-order valence-electron chi connectivity index (χ4n) is 2.73. The Bertz CT molecular complexity index is 626. The van der Waals surface area contributed by atoms with Crippen molar-refractivity contribution in [2.75, 3.05) is 37.7 Å². The molecule has 1 rings (SSSR count). The van der Waals surface area contributed by atoms with E-state index in [2.05, 4.69) is 18.7 Å². The molecule has 0 heterocycles. The van der Waals surface area contributed by atoms with Gasteiger partial charge in [-0.1, -0.05) is 27.2 Å². The van der Waals surface area contributed by atoms with Gasteiger partial charge in [0.25, 0.3) is 0 Å². The molecule has 0 fully saturated rings. The summed E-state index contributed by atoms with van der Waals surface area (Å²) in [5.74, 6) is -1.62. The largest absolute Gasteiger partial charge is 0.481 e. The van der Waals surface area contributed by atoms with Crippen LogP contribution in [0, 0.1) is 0 Å². The van der Waals surface area contributed by atoms with Gasteiger partial charge in [0.15, 0.2) is 0 Å². The van der Waals surface area contributed by atoms with Crippen molar-refractivity contribution < 1.29 is 24.2 Å². The molecule has 156 valence electrons. The third-order valence-corrected chi connectivity index (χ3v) is 4.54. The van der Waals surface area contributed by atoms with Crippen LogP contribution in [0.3, 0.4) is 0 Å². The smallest absolute Gasteiger partial charge is 0.338 e. The van der Waals surface area contributed by atoms with Crippen molar-refractivity contribution >= 4 is 23.5 Å². The monoisotopic (exact) mass is 392 g/mol. The minimum atomic E-state index is -0.994. The molecule has 28 heavy (non-hydrogen) atoms. The maximum absolute atomic E-state index is 12.4. The van der Waals surface area contributed by atoms with Crippen molar-refractivity contribution in [1.82, 2.24) is 4.90 Å². The average Bonchev–Trinajstić information content (AvgIpc) is 2.70. The highest BCUT2D eigenvalue weighted by atomic mass is 16.5. The zero-order valence-electron chi connectivity index (χ0n) is 17.1. The first-order chi connectivity index (χ1) is 13.4. The summed E-state index contributed by atoms with van der Waals surface area (Å²) in [5, 5.41) is 8.80. The second-order valence-corrected chi connectivity index (χ2v) is 6.50. The highest BCUT2D eigenvalue weighted by Gasteiger charge is 2.17. The lowest BCUT2D eigenvalue weighted by atomic mass is 10.1. The van der Waals surface area contributed by atoms with Crippen LogP contribution in [0.1, 0.15) is 56.8 Å². The first-order valence-corrected chi connectivity index (χ1v) is 9.94. The van der Waals surface area contributed by atoms with Gasteiger partial charge in [0, 0.05) is 25.2 Å². The molecule has 1 aromatic rings. The Morgan fingerprint density at radius 2 is 1.61 bits per heavy atom. The van der Waals surface area contributed by atoms with Crippen LogP contribution in [-0.2, 0) is 14.3 Å². The number of benzene rings is 1. The Labute approximate surface area is 167 Å².